The van der Waals surface area contributed by atoms with Gasteiger partial charge in [0.05, 0.1) is 6.61 Å². The fourth-order valence-electron chi connectivity index (χ4n) is 1.72. The molecule has 0 saturated heterocycles. The zero-order chi connectivity index (χ0) is 9.26. The minimum atomic E-state index is -0.163. The monoisotopic (exact) mass is 178 g/mol. The molecule has 0 amide bonds. The van der Waals surface area contributed by atoms with E-state index in [4.69, 9.17) is 9.47 Å². The third kappa shape index (κ3) is 1.60. The molecule has 0 fully saturated rings. The number of rotatable bonds is 1. The van der Waals surface area contributed by atoms with Crippen molar-refractivity contribution < 1.29 is 9.47 Å². The highest BCUT2D eigenvalue weighted by molar-refractivity contribution is 5.33. The van der Waals surface area contributed by atoms with Crippen molar-refractivity contribution in [3.63, 3.8) is 0 Å². The van der Waals surface area contributed by atoms with E-state index < -0.39 is 0 Å². The van der Waals surface area contributed by atoms with Crippen LogP contribution in [-0.2, 0) is 15.9 Å². The van der Waals surface area contributed by atoms with E-state index in [0.717, 1.165) is 13.0 Å². The summed E-state index contributed by atoms with van der Waals surface area (Å²) >= 11 is 0. The summed E-state index contributed by atoms with van der Waals surface area (Å²) < 4.78 is 10.7. The van der Waals surface area contributed by atoms with Gasteiger partial charge in [-0.05, 0) is 18.9 Å². The van der Waals surface area contributed by atoms with Gasteiger partial charge in [0.25, 0.3) is 0 Å². The highest BCUT2D eigenvalue weighted by atomic mass is 16.7. The van der Waals surface area contributed by atoms with Gasteiger partial charge in [-0.25, -0.2) is 0 Å². The summed E-state index contributed by atoms with van der Waals surface area (Å²) in [5.41, 5.74) is 3.80. The molecule has 70 valence electrons. The van der Waals surface area contributed by atoms with Crippen LogP contribution in [-0.4, -0.2) is 13.7 Å². The van der Waals surface area contributed by atoms with E-state index in [1.165, 1.54) is 16.7 Å². The SMILES string of the molecule is COC1OCCc2ccc(C)cc21. The number of methoxy groups -OCH3 is 1. The number of hydrogen-bond donors (Lipinski definition) is 0. The summed E-state index contributed by atoms with van der Waals surface area (Å²) in [4.78, 5) is 0. The number of hydrogen-bond acceptors (Lipinski definition) is 2. The molecule has 0 aromatic heterocycles. The fraction of sp³-hybridized carbons (Fsp3) is 0.455. The third-order valence-corrected chi connectivity index (χ3v) is 2.41. The van der Waals surface area contributed by atoms with E-state index in [1.807, 2.05) is 0 Å². The van der Waals surface area contributed by atoms with Crippen LogP contribution in [0.1, 0.15) is 23.0 Å². The van der Waals surface area contributed by atoms with E-state index in [9.17, 15) is 0 Å². The van der Waals surface area contributed by atoms with Crippen LogP contribution in [0, 0.1) is 6.92 Å². The van der Waals surface area contributed by atoms with E-state index in [0.29, 0.717) is 0 Å². The Morgan fingerprint density at radius 1 is 1.46 bits per heavy atom. The predicted molar refractivity (Wildman–Crippen MR) is 50.6 cm³/mol. The highest BCUT2D eigenvalue weighted by Gasteiger charge is 2.19. The van der Waals surface area contributed by atoms with E-state index in [2.05, 4.69) is 25.1 Å². The first kappa shape index (κ1) is 8.73. The molecule has 1 aromatic carbocycles. The zero-order valence-electron chi connectivity index (χ0n) is 8.04. The minimum absolute atomic E-state index is 0.163. The Hall–Kier alpha value is -0.860. The molecule has 1 aliphatic heterocycles. The molecular formula is C11H14O2. The lowest BCUT2D eigenvalue weighted by atomic mass is 10.00. The van der Waals surface area contributed by atoms with Crippen molar-refractivity contribution in [3.8, 4) is 0 Å². The topological polar surface area (TPSA) is 18.5 Å². The zero-order valence-corrected chi connectivity index (χ0v) is 8.04. The van der Waals surface area contributed by atoms with Gasteiger partial charge < -0.3 is 9.47 Å². The van der Waals surface area contributed by atoms with Crippen molar-refractivity contribution >= 4 is 0 Å². The molecule has 13 heavy (non-hydrogen) atoms. The summed E-state index contributed by atoms with van der Waals surface area (Å²) in [6, 6.07) is 6.44. The van der Waals surface area contributed by atoms with Gasteiger partial charge in [-0.15, -0.1) is 0 Å². The van der Waals surface area contributed by atoms with Crippen LogP contribution in [0.3, 0.4) is 0 Å². The normalized spacial score (nSPS) is 21.2. The molecule has 1 aromatic rings. The number of aryl methyl sites for hydroxylation is 1. The van der Waals surface area contributed by atoms with Gasteiger partial charge >= 0.3 is 0 Å². The Balaban J connectivity index is 2.41. The highest BCUT2D eigenvalue weighted by Crippen LogP contribution is 2.27. The molecule has 1 aliphatic rings. The van der Waals surface area contributed by atoms with Crippen LogP contribution >= 0.6 is 0 Å². The molecule has 2 nitrogen and oxygen atoms in total. The second kappa shape index (κ2) is 3.48. The average molecular weight is 178 g/mol. The second-order valence-electron chi connectivity index (χ2n) is 3.39. The Morgan fingerprint density at radius 2 is 2.31 bits per heavy atom. The van der Waals surface area contributed by atoms with Gasteiger partial charge in [-0.2, -0.15) is 0 Å². The summed E-state index contributed by atoms with van der Waals surface area (Å²) in [5, 5.41) is 0. The average Bonchev–Trinajstić information content (AvgIpc) is 2.17. The van der Waals surface area contributed by atoms with E-state index in [-0.39, 0.29) is 6.29 Å². The first-order valence-electron chi connectivity index (χ1n) is 4.55. The molecule has 1 heterocycles. The van der Waals surface area contributed by atoms with Crippen LogP contribution in [0.4, 0.5) is 0 Å². The molecule has 0 saturated carbocycles. The van der Waals surface area contributed by atoms with Crippen molar-refractivity contribution in [2.24, 2.45) is 0 Å². The van der Waals surface area contributed by atoms with Crippen LogP contribution in [0.25, 0.3) is 0 Å². The standard InChI is InChI=1S/C11H14O2/c1-8-3-4-9-5-6-13-11(12-2)10(9)7-8/h3-4,7,11H,5-6H2,1-2H3. The number of benzene rings is 1. The molecule has 0 spiro atoms. The van der Waals surface area contributed by atoms with Gasteiger partial charge in [0, 0.05) is 12.7 Å². The van der Waals surface area contributed by atoms with Crippen molar-refractivity contribution in [3.05, 3.63) is 34.9 Å². The largest absolute Gasteiger partial charge is 0.352 e. The van der Waals surface area contributed by atoms with Crippen molar-refractivity contribution in [1.29, 1.82) is 0 Å². The van der Waals surface area contributed by atoms with E-state index >= 15 is 0 Å². The van der Waals surface area contributed by atoms with Gasteiger partial charge in [-0.3, -0.25) is 0 Å². The first-order valence-corrected chi connectivity index (χ1v) is 4.55. The Morgan fingerprint density at radius 3 is 3.08 bits per heavy atom. The van der Waals surface area contributed by atoms with Gasteiger partial charge in [0.15, 0.2) is 6.29 Å². The Kier molecular flexibility index (Phi) is 2.34. The summed E-state index contributed by atoms with van der Waals surface area (Å²) in [6.07, 6.45) is 0.832. The van der Waals surface area contributed by atoms with Gasteiger partial charge in [-0.1, -0.05) is 23.8 Å². The molecule has 2 rings (SSSR count). The number of ether oxygens (including phenoxy) is 2. The van der Waals surface area contributed by atoms with Crippen LogP contribution in [0.5, 0.6) is 0 Å². The van der Waals surface area contributed by atoms with Gasteiger partial charge in [0.1, 0.15) is 0 Å². The molecule has 0 radical (unpaired) electrons. The Bertz CT molecular complexity index is 307. The van der Waals surface area contributed by atoms with Gasteiger partial charge in [0.2, 0.25) is 0 Å². The lowest BCUT2D eigenvalue weighted by Gasteiger charge is -2.24. The van der Waals surface area contributed by atoms with Crippen molar-refractivity contribution in [2.45, 2.75) is 19.6 Å². The second-order valence-corrected chi connectivity index (χ2v) is 3.39. The predicted octanol–water partition coefficient (Wildman–Crippen LogP) is 2.21. The number of fused-ring (bicyclic) bond motifs is 1. The molecule has 0 bridgehead atoms. The molecule has 0 N–H and O–H groups in total. The first-order chi connectivity index (χ1) is 6.31. The quantitative estimate of drug-likeness (QED) is 0.656. The smallest absolute Gasteiger partial charge is 0.183 e. The van der Waals surface area contributed by atoms with Crippen molar-refractivity contribution in [2.75, 3.05) is 13.7 Å². The molecule has 0 aliphatic carbocycles. The lowest BCUT2D eigenvalue weighted by molar-refractivity contribution is -0.134. The minimum Gasteiger partial charge on any atom is -0.352 e. The summed E-state index contributed by atoms with van der Waals surface area (Å²) in [5.74, 6) is 0. The van der Waals surface area contributed by atoms with E-state index in [1.54, 1.807) is 7.11 Å². The molecule has 2 heteroatoms. The molecule has 1 atom stereocenters. The van der Waals surface area contributed by atoms with Crippen molar-refractivity contribution in [1.82, 2.24) is 0 Å². The third-order valence-electron chi connectivity index (χ3n) is 2.41. The van der Waals surface area contributed by atoms with Crippen LogP contribution in [0.15, 0.2) is 18.2 Å². The molecule has 1 unspecified atom stereocenters. The Labute approximate surface area is 78.5 Å². The van der Waals surface area contributed by atoms with Crippen LogP contribution in [0.2, 0.25) is 0 Å². The lowest BCUT2D eigenvalue weighted by Crippen LogP contribution is -2.17. The fourth-order valence-corrected chi connectivity index (χ4v) is 1.72. The molecular weight excluding hydrogens is 164 g/mol. The van der Waals surface area contributed by atoms with Crippen LogP contribution < -0.4 is 0 Å². The summed E-state index contributed by atoms with van der Waals surface area (Å²) in [6.45, 7) is 2.84. The maximum atomic E-state index is 5.49. The summed E-state index contributed by atoms with van der Waals surface area (Å²) in [7, 11) is 1.68. The maximum absolute atomic E-state index is 5.49. The maximum Gasteiger partial charge on any atom is 0.183 e.